The number of rotatable bonds is 3. The fourth-order valence-electron chi connectivity index (χ4n) is 3.03. The van der Waals surface area contributed by atoms with Crippen molar-refractivity contribution in [2.75, 3.05) is 20.1 Å². The van der Waals surface area contributed by atoms with Gasteiger partial charge in [0.05, 0.1) is 5.75 Å². The van der Waals surface area contributed by atoms with Crippen molar-refractivity contribution in [1.29, 1.82) is 0 Å². The maximum Gasteiger partial charge on any atom is 0.213 e. The number of likely N-dealkylation sites (N-methyl/N-ethyl adjacent to an activating group) is 1. The molecule has 1 aromatic carbocycles. The van der Waals surface area contributed by atoms with E-state index in [-0.39, 0.29) is 18.2 Å². The lowest BCUT2D eigenvalue weighted by Crippen LogP contribution is -2.23. The molecule has 126 valence electrons. The minimum absolute atomic E-state index is 0. The molecule has 0 unspecified atom stereocenters. The Morgan fingerprint density at radius 1 is 1.26 bits per heavy atom. The summed E-state index contributed by atoms with van der Waals surface area (Å²) in [6.45, 7) is 1.99. The van der Waals surface area contributed by atoms with E-state index in [1.165, 1.54) is 11.1 Å². The topological polar surface area (TPSA) is 68.3 Å². The van der Waals surface area contributed by atoms with E-state index >= 15 is 0 Å². The molecule has 0 saturated carbocycles. The SMILES string of the molecule is CN1CC=C(c2cn(C)c3ccc(CS(N)(=O)=O)cc23)CC1.Cl. The van der Waals surface area contributed by atoms with Crippen molar-refractivity contribution >= 4 is 38.9 Å². The second kappa shape index (κ2) is 6.65. The first kappa shape index (κ1) is 18.0. The summed E-state index contributed by atoms with van der Waals surface area (Å²) in [5.74, 6) is -0.126. The van der Waals surface area contributed by atoms with Crippen molar-refractivity contribution in [3.8, 4) is 0 Å². The van der Waals surface area contributed by atoms with Crippen molar-refractivity contribution in [1.82, 2.24) is 9.47 Å². The molecule has 1 aliphatic heterocycles. The molecule has 0 bridgehead atoms. The molecule has 1 aromatic heterocycles. The highest BCUT2D eigenvalue weighted by atomic mass is 35.5. The van der Waals surface area contributed by atoms with Gasteiger partial charge in [0.1, 0.15) is 0 Å². The molecule has 0 amide bonds. The number of primary sulfonamides is 1. The Balaban J connectivity index is 0.00000192. The molecule has 0 saturated heterocycles. The lowest BCUT2D eigenvalue weighted by Gasteiger charge is -2.21. The monoisotopic (exact) mass is 355 g/mol. The van der Waals surface area contributed by atoms with Gasteiger partial charge < -0.3 is 9.47 Å². The zero-order chi connectivity index (χ0) is 15.9. The van der Waals surface area contributed by atoms with Gasteiger partial charge in [-0.25, -0.2) is 13.6 Å². The highest BCUT2D eigenvalue weighted by molar-refractivity contribution is 7.88. The van der Waals surface area contributed by atoms with Gasteiger partial charge in [0.15, 0.2) is 0 Å². The largest absolute Gasteiger partial charge is 0.350 e. The molecule has 3 rings (SSSR count). The number of hydrogen-bond donors (Lipinski definition) is 1. The predicted octanol–water partition coefficient (Wildman–Crippen LogP) is 2.11. The third-order valence-corrected chi connectivity index (χ3v) is 4.92. The Morgan fingerprint density at radius 3 is 2.61 bits per heavy atom. The standard InChI is InChI=1S/C16H21N3O2S.ClH/c1-18-7-5-13(6-8-18)15-10-19(2)16-4-3-12(9-14(15)16)11-22(17,20)21;/h3-5,9-10H,6-8,11H2,1-2H3,(H2,17,20,21);1H. The van der Waals surface area contributed by atoms with Crippen molar-refractivity contribution in [2.24, 2.45) is 12.2 Å². The number of nitrogens with two attached hydrogens (primary N) is 1. The summed E-state index contributed by atoms with van der Waals surface area (Å²) in [5, 5.41) is 6.26. The number of aromatic nitrogens is 1. The summed E-state index contributed by atoms with van der Waals surface area (Å²) in [6.07, 6.45) is 5.39. The number of nitrogens with zero attached hydrogens (tertiary/aromatic N) is 2. The number of halogens is 1. The molecule has 7 heteroatoms. The van der Waals surface area contributed by atoms with Crippen molar-refractivity contribution in [2.45, 2.75) is 12.2 Å². The van der Waals surface area contributed by atoms with Crippen LogP contribution in [0.4, 0.5) is 0 Å². The third kappa shape index (κ3) is 3.95. The van der Waals surface area contributed by atoms with Crippen LogP contribution in [0.2, 0.25) is 0 Å². The molecule has 0 atom stereocenters. The van der Waals surface area contributed by atoms with E-state index in [2.05, 4.69) is 28.8 Å². The van der Waals surface area contributed by atoms with Gasteiger partial charge in [-0.2, -0.15) is 0 Å². The van der Waals surface area contributed by atoms with Crippen LogP contribution in [0.15, 0.2) is 30.5 Å². The summed E-state index contributed by atoms with van der Waals surface area (Å²) in [4.78, 5) is 2.28. The molecule has 0 fully saturated rings. The Kier molecular flexibility index (Phi) is 5.20. The second-order valence-corrected chi connectivity index (χ2v) is 7.67. The first-order valence-corrected chi connectivity index (χ1v) is 9.01. The summed E-state index contributed by atoms with van der Waals surface area (Å²) in [6, 6.07) is 5.75. The van der Waals surface area contributed by atoms with Gasteiger partial charge >= 0.3 is 0 Å². The van der Waals surface area contributed by atoms with E-state index < -0.39 is 10.0 Å². The normalized spacial score (nSPS) is 16.2. The minimum Gasteiger partial charge on any atom is -0.350 e. The summed E-state index contributed by atoms with van der Waals surface area (Å²) in [5.41, 5.74) is 4.36. The second-order valence-electron chi connectivity index (χ2n) is 6.05. The van der Waals surface area contributed by atoms with Crippen LogP contribution in [0.25, 0.3) is 16.5 Å². The quantitative estimate of drug-likeness (QED) is 0.916. The van der Waals surface area contributed by atoms with Crippen LogP contribution < -0.4 is 5.14 Å². The summed E-state index contributed by atoms with van der Waals surface area (Å²) >= 11 is 0. The van der Waals surface area contributed by atoms with E-state index in [1.807, 2.05) is 25.2 Å². The molecule has 5 nitrogen and oxygen atoms in total. The van der Waals surface area contributed by atoms with E-state index in [0.29, 0.717) is 0 Å². The highest BCUT2D eigenvalue weighted by Crippen LogP contribution is 2.31. The fraction of sp³-hybridized carbons (Fsp3) is 0.375. The van der Waals surface area contributed by atoms with E-state index in [1.54, 1.807) is 0 Å². The Morgan fingerprint density at radius 2 is 2.00 bits per heavy atom. The average molecular weight is 356 g/mol. The highest BCUT2D eigenvalue weighted by Gasteiger charge is 2.16. The number of benzene rings is 1. The van der Waals surface area contributed by atoms with Gasteiger partial charge in [-0.05, 0) is 36.7 Å². The van der Waals surface area contributed by atoms with Crippen molar-refractivity contribution < 1.29 is 8.42 Å². The molecule has 1 aliphatic rings. The van der Waals surface area contributed by atoms with Gasteiger partial charge in [0.2, 0.25) is 10.0 Å². The van der Waals surface area contributed by atoms with Crippen LogP contribution in [0.3, 0.4) is 0 Å². The number of sulfonamides is 1. The molecule has 0 radical (unpaired) electrons. The molecule has 2 heterocycles. The van der Waals surface area contributed by atoms with E-state index in [9.17, 15) is 8.42 Å². The van der Waals surface area contributed by atoms with Gasteiger partial charge in [-0.1, -0.05) is 12.1 Å². The number of aryl methyl sites for hydroxylation is 1. The molecule has 0 spiro atoms. The van der Waals surface area contributed by atoms with E-state index in [0.717, 1.165) is 36.0 Å². The summed E-state index contributed by atoms with van der Waals surface area (Å²) < 4.78 is 24.7. The van der Waals surface area contributed by atoms with Crippen LogP contribution in [0.5, 0.6) is 0 Å². The number of fused-ring (bicyclic) bond motifs is 1. The number of hydrogen-bond acceptors (Lipinski definition) is 3. The lowest BCUT2D eigenvalue weighted by molar-refractivity contribution is 0.370. The van der Waals surface area contributed by atoms with Crippen molar-refractivity contribution in [3.05, 3.63) is 41.6 Å². The minimum atomic E-state index is -3.51. The van der Waals surface area contributed by atoms with Crippen LogP contribution in [-0.4, -0.2) is 38.0 Å². The molecule has 0 aliphatic carbocycles. The molecular formula is C16H22ClN3O2S. The Hall–Kier alpha value is -1.34. The van der Waals surface area contributed by atoms with Crippen LogP contribution in [-0.2, 0) is 22.8 Å². The lowest BCUT2D eigenvalue weighted by atomic mass is 9.98. The molecule has 2 aromatic rings. The van der Waals surface area contributed by atoms with Crippen LogP contribution >= 0.6 is 12.4 Å². The van der Waals surface area contributed by atoms with Gasteiger partial charge in [0.25, 0.3) is 0 Å². The first-order valence-electron chi connectivity index (χ1n) is 7.30. The van der Waals surface area contributed by atoms with Gasteiger partial charge in [-0.15, -0.1) is 12.4 Å². The third-order valence-electron chi connectivity index (χ3n) is 4.18. The molecular weight excluding hydrogens is 334 g/mol. The van der Waals surface area contributed by atoms with Crippen molar-refractivity contribution in [3.63, 3.8) is 0 Å². The average Bonchev–Trinajstić information content (AvgIpc) is 2.75. The smallest absolute Gasteiger partial charge is 0.213 e. The maximum absolute atomic E-state index is 11.3. The Labute approximate surface area is 143 Å². The van der Waals surface area contributed by atoms with E-state index in [4.69, 9.17) is 5.14 Å². The Bertz CT molecular complexity index is 856. The predicted molar refractivity (Wildman–Crippen MR) is 97.1 cm³/mol. The van der Waals surface area contributed by atoms with Gasteiger partial charge in [0, 0.05) is 42.8 Å². The zero-order valence-corrected chi connectivity index (χ0v) is 15.0. The van der Waals surface area contributed by atoms with Crippen LogP contribution in [0.1, 0.15) is 17.5 Å². The van der Waals surface area contributed by atoms with Gasteiger partial charge in [-0.3, -0.25) is 0 Å². The molecule has 2 N–H and O–H groups in total. The fourth-order valence-corrected chi connectivity index (χ4v) is 3.68. The first-order chi connectivity index (χ1) is 10.3. The molecule has 23 heavy (non-hydrogen) atoms. The van der Waals surface area contributed by atoms with Crippen LogP contribution in [0, 0.1) is 0 Å². The zero-order valence-electron chi connectivity index (χ0n) is 13.3. The summed E-state index contributed by atoms with van der Waals surface area (Å²) in [7, 11) is 0.614. The maximum atomic E-state index is 11.3.